The first-order valence-electron chi connectivity index (χ1n) is 8.83. The third kappa shape index (κ3) is 7.52. The van der Waals surface area contributed by atoms with Gasteiger partial charge in [-0.3, -0.25) is 4.98 Å². The molecule has 26 heavy (non-hydrogen) atoms. The number of unbranched alkanes of at least 4 members (excludes halogenated alkanes) is 3. The van der Waals surface area contributed by atoms with Crippen molar-refractivity contribution in [2.75, 3.05) is 13.7 Å². The molecule has 4 nitrogen and oxygen atoms in total. The van der Waals surface area contributed by atoms with E-state index < -0.39 is 0 Å². The molecule has 0 bridgehead atoms. The van der Waals surface area contributed by atoms with Gasteiger partial charge in [0.05, 0.1) is 11.6 Å². The van der Waals surface area contributed by atoms with Crippen molar-refractivity contribution in [1.29, 1.82) is 0 Å². The highest BCUT2D eigenvalue weighted by Crippen LogP contribution is 2.37. The first-order valence-corrected chi connectivity index (χ1v) is 9.62. The zero-order valence-electron chi connectivity index (χ0n) is 15.5. The van der Waals surface area contributed by atoms with Gasteiger partial charge in [-0.1, -0.05) is 32.3 Å². The summed E-state index contributed by atoms with van der Waals surface area (Å²) in [7, 11) is 1.67. The molecule has 1 aromatic heterocycles. The van der Waals surface area contributed by atoms with Crippen LogP contribution in [0.3, 0.4) is 0 Å². The molecule has 0 atom stereocenters. The van der Waals surface area contributed by atoms with Gasteiger partial charge in [0.25, 0.3) is 0 Å². The Hall–Kier alpha value is -1.30. The summed E-state index contributed by atoms with van der Waals surface area (Å²) in [6.45, 7) is 4.55. The molecule has 6 heteroatoms. The average molecular weight is 444 g/mol. The van der Waals surface area contributed by atoms with Gasteiger partial charge >= 0.3 is 0 Å². The molecule has 0 saturated heterocycles. The number of rotatable bonds is 11. The summed E-state index contributed by atoms with van der Waals surface area (Å²) >= 11 is 3.61. The van der Waals surface area contributed by atoms with Gasteiger partial charge in [-0.25, -0.2) is 0 Å². The minimum atomic E-state index is 0. The molecule has 144 valence electrons. The Bertz CT molecular complexity index is 641. The molecule has 2 aromatic rings. The van der Waals surface area contributed by atoms with Gasteiger partial charge in [0, 0.05) is 24.5 Å². The predicted molar refractivity (Wildman–Crippen MR) is 112 cm³/mol. The van der Waals surface area contributed by atoms with Crippen molar-refractivity contribution >= 4 is 28.3 Å². The van der Waals surface area contributed by atoms with Crippen molar-refractivity contribution in [3.8, 4) is 11.5 Å². The number of methoxy groups -OCH3 is 1. The van der Waals surface area contributed by atoms with Crippen molar-refractivity contribution < 1.29 is 9.47 Å². The van der Waals surface area contributed by atoms with Crippen LogP contribution in [0.4, 0.5) is 0 Å². The summed E-state index contributed by atoms with van der Waals surface area (Å²) in [5.41, 5.74) is 2.20. The maximum absolute atomic E-state index is 5.94. The third-order valence-corrected chi connectivity index (χ3v) is 4.52. The van der Waals surface area contributed by atoms with Crippen LogP contribution in [0.1, 0.15) is 43.7 Å². The topological polar surface area (TPSA) is 43.4 Å². The number of aromatic nitrogens is 1. The van der Waals surface area contributed by atoms with E-state index in [0.29, 0.717) is 6.61 Å². The van der Waals surface area contributed by atoms with E-state index in [0.717, 1.165) is 34.6 Å². The first kappa shape index (κ1) is 22.7. The van der Waals surface area contributed by atoms with Crippen molar-refractivity contribution in [2.24, 2.45) is 0 Å². The van der Waals surface area contributed by atoms with Crippen molar-refractivity contribution in [3.63, 3.8) is 0 Å². The second kappa shape index (κ2) is 13.0. The second-order valence-electron chi connectivity index (χ2n) is 6.00. The molecule has 0 radical (unpaired) electrons. The highest BCUT2D eigenvalue weighted by Gasteiger charge is 2.12. The van der Waals surface area contributed by atoms with Crippen LogP contribution in [-0.2, 0) is 13.2 Å². The molecule has 0 aliphatic rings. The molecule has 0 fully saturated rings. The number of halogens is 2. The van der Waals surface area contributed by atoms with Gasteiger partial charge in [-0.05, 0) is 52.7 Å². The maximum Gasteiger partial charge on any atom is 0.175 e. The molecule has 1 N–H and O–H groups in total. The van der Waals surface area contributed by atoms with Gasteiger partial charge < -0.3 is 14.8 Å². The minimum Gasteiger partial charge on any atom is -0.493 e. The Balaban J connectivity index is 0.00000338. The van der Waals surface area contributed by atoms with Crippen LogP contribution < -0.4 is 14.8 Å². The normalized spacial score (nSPS) is 10.3. The summed E-state index contributed by atoms with van der Waals surface area (Å²) in [5, 5.41) is 3.49. The summed E-state index contributed by atoms with van der Waals surface area (Å²) in [6.07, 6.45) is 8.64. The van der Waals surface area contributed by atoms with Crippen LogP contribution >= 0.6 is 28.3 Å². The lowest BCUT2D eigenvalue weighted by molar-refractivity contribution is 0.282. The standard InChI is InChI=1S/C20H27BrN2O2.ClH/c1-3-4-5-6-9-22-14-17-11-18(21)20(19(12-17)24-2)25-15-16-8-7-10-23-13-16;/h7-8,10-13,22H,3-6,9,14-15H2,1-2H3;1H. The van der Waals surface area contributed by atoms with Gasteiger partial charge in [0.15, 0.2) is 11.5 Å². The zero-order valence-corrected chi connectivity index (χ0v) is 17.9. The van der Waals surface area contributed by atoms with E-state index in [-0.39, 0.29) is 12.4 Å². The minimum absolute atomic E-state index is 0. The van der Waals surface area contributed by atoms with Crippen molar-refractivity contribution in [2.45, 2.75) is 45.8 Å². The fourth-order valence-corrected chi connectivity index (χ4v) is 3.17. The number of hydrogen-bond acceptors (Lipinski definition) is 4. The van der Waals surface area contributed by atoms with Crippen LogP contribution in [0.15, 0.2) is 41.1 Å². The number of ether oxygens (including phenoxy) is 2. The average Bonchev–Trinajstić information content (AvgIpc) is 2.64. The Morgan fingerprint density at radius 1 is 1.15 bits per heavy atom. The van der Waals surface area contributed by atoms with Crippen LogP contribution in [0.2, 0.25) is 0 Å². The van der Waals surface area contributed by atoms with Gasteiger partial charge in [-0.2, -0.15) is 0 Å². The third-order valence-electron chi connectivity index (χ3n) is 3.93. The molecule has 2 rings (SSSR count). The summed E-state index contributed by atoms with van der Waals surface area (Å²) in [4.78, 5) is 4.11. The lowest BCUT2D eigenvalue weighted by atomic mass is 10.2. The molecule has 1 heterocycles. The smallest absolute Gasteiger partial charge is 0.175 e. The first-order chi connectivity index (χ1) is 12.2. The zero-order chi connectivity index (χ0) is 17.9. The number of hydrogen-bond donors (Lipinski definition) is 1. The molecule has 0 amide bonds. The van der Waals surface area contributed by atoms with Gasteiger partial charge in [0.1, 0.15) is 6.61 Å². The monoisotopic (exact) mass is 442 g/mol. The maximum atomic E-state index is 5.94. The summed E-state index contributed by atoms with van der Waals surface area (Å²) < 4.78 is 12.4. The molecule has 0 saturated carbocycles. The Kier molecular flexibility index (Phi) is 11.3. The number of benzene rings is 1. The molecular weight excluding hydrogens is 416 g/mol. The Labute approximate surface area is 171 Å². The summed E-state index contributed by atoms with van der Waals surface area (Å²) in [6, 6.07) is 8.01. The fraction of sp³-hybridized carbons (Fsp3) is 0.450. The van der Waals surface area contributed by atoms with Crippen LogP contribution in [-0.4, -0.2) is 18.6 Å². The van der Waals surface area contributed by atoms with Gasteiger partial charge in [-0.15, -0.1) is 12.4 Å². The van der Waals surface area contributed by atoms with E-state index in [1.807, 2.05) is 18.2 Å². The fourth-order valence-electron chi connectivity index (χ4n) is 2.56. The molecular formula is C20H28BrClN2O2. The second-order valence-corrected chi connectivity index (χ2v) is 6.85. The lowest BCUT2D eigenvalue weighted by Gasteiger charge is -2.15. The van der Waals surface area contributed by atoms with E-state index in [4.69, 9.17) is 9.47 Å². The Morgan fingerprint density at radius 2 is 2.00 bits per heavy atom. The van der Waals surface area contributed by atoms with E-state index in [1.54, 1.807) is 19.5 Å². The van der Waals surface area contributed by atoms with E-state index in [2.05, 4.69) is 39.2 Å². The molecule has 0 aliphatic carbocycles. The SMILES string of the molecule is CCCCCCNCc1cc(Br)c(OCc2cccnc2)c(OC)c1.Cl. The molecule has 0 spiro atoms. The highest BCUT2D eigenvalue weighted by molar-refractivity contribution is 9.10. The number of nitrogens with zero attached hydrogens (tertiary/aromatic N) is 1. The van der Waals surface area contributed by atoms with Crippen molar-refractivity contribution in [3.05, 3.63) is 52.3 Å². The lowest BCUT2D eigenvalue weighted by Crippen LogP contribution is -2.14. The summed E-state index contributed by atoms with van der Waals surface area (Å²) in [5.74, 6) is 1.46. The number of pyridine rings is 1. The largest absolute Gasteiger partial charge is 0.493 e. The quantitative estimate of drug-likeness (QED) is 0.464. The van der Waals surface area contributed by atoms with Crippen LogP contribution in [0.5, 0.6) is 11.5 Å². The molecule has 0 unspecified atom stereocenters. The van der Waals surface area contributed by atoms with E-state index in [9.17, 15) is 0 Å². The van der Waals surface area contributed by atoms with E-state index >= 15 is 0 Å². The van der Waals surface area contributed by atoms with E-state index in [1.165, 1.54) is 31.2 Å². The molecule has 1 aromatic carbocycles. The highest BCUT2D eigenvalue weighted by atomic mass is 79.9. The van der Waals surface area contributed by atoms with Gasteiger partial charge in [0.2, 0.25) is 0 Å². The van der Waals surface area contributed by atoms with Crippen molar-refractivity contribution in [1.82, 2.24) is 10.3 Å². The molecule has 0 aliphatic heterocycles. The Morgan fingerprint density at radius 3 is 2.69 bits per heavy atom. The predicted octanol–water partition coefficient (Wildman–Crippen LogP) is 5.52. The van der Waals surface area contributed by atoms with Crippen LogP contribution in [0, 0.1) is 0 Å². The van der Waals surface area contributed by atoms with Crippen LogP contribution in [0.25, 0.3) is 0 Å². The number of nitrogens with one attached hydrogen (secondary N) is 1.